The first-order chi connectivity index (χ1) is 16.3. The summed E-state index contributed by atoms with van der Waals surface area (Å²) in [5, 5.41) is 10.8. The first-order valence-corrected chi connectivity index (χ1v) is 13.3. The first-order valence-electron chi connectivity index (χ1n) is 10.0. The van der Waals surface area contributed by atoms with Crippen LogP contribution in [0.2, 0.25) is 0 Å². The number of aromatic nitrogens is 2. The van der Waals surface area contributed by atoms with Crippen LogP contribution in [0.15, 0.2) is 51.7 Å². The minimum Gasteiger partial charge on any atom is -0.493 e. The number of thioether (sulfide) groups is 1. The molecule has 0 saturated carbocycles. The Hall–Kier alpha value is -2.90. The maximum atomic E-state index is 13.5. The highest BCUT2D eigenvalue weighted by Crippen LogP contribution is 2.32. The number of hydrogen-bond donors (Lipinski definition) is 1. The number of hydrogen-bond acceptors (Lipinski definition) is 9. The van der Waals surface area contributed by atoms with E-state index < -0.39 is 28.3 Å². The van der Waals surface area contributed by atoms with Crippen molar-refractivity contribution in [3.8, 4) is 11.5 Å². The van der Waals surface area contributed by atoms with Crippen molar-refractivity contribution in [3.63, 3.8) is 0 Å². The van der Waals surface area contributed by atoms with E-state index in [2.05, 4.69) is 15.5 Å². The number of benzene rings is 2. The Labute approximate surface area is 205 Å². The number of ether oxygens (including phenoxy) is 2. The number of carbonyl (C=O) groups is 1. The van der Waals surface area contributed by atoms with E-state index >= 15 is 0 Å². The predicted octanol–water partition coefficient (Wildman–Crippen LogP) is 4.03. The van der Waals surface area contributed by atoms with Crippen molar-refractivity contribution in [2.75, 3.05) is 36.1 Å². The lowest BCUT2D eigenvalue weighted by molar-refractivity contribution is -0.114. The molecule has 0 radical (unpaired) electrons. The first kappa shape index (κ1) is 25.7. The SMILES string of the molecule is CCCSc1nnc(NC(=O)CN(c2ccc(F)cc2)S(=O)(=O)c2ccc(OC)c(OC)c2)s1. The van der Waals surface area contributed by atoms with Crippen molar-refractivity contribution in [3.05, 3.63) is 48.3 Å². The van der Waals surface area contributed by atoms with E-state index in [4.69, 9.17) is 9.47 Å². The van der Waals surface area contributed by atoms with Crippen LogP contribution in [0, 0.1) is 5.82 Å². The Morgan fingerprint density at radius 1 is 1.12 bits per heavy atom. The monoisotopic (exact) mass is 526 g/mol. The van der Waals surface area contributed by atoms with Crippen molar-refractivity contribution in [1.29, 1.82) is 0 Å². The van der Waals surface area contributed by atoms with Crippen LogP contribution in [0.4, 0.5) is 15.2 Å². The van der Waals surface area contributed by atoms with Gasteiger partial charge in [0.05, 0.1) is 24.8 Å². The van der Waals surface area contributed by atoms with Crippen LogP contribution in [0.5, 0.6) is 11.5 Å². The molecular formula is C21H23FN4O5S3. The molecule has 0 aliphatic rings. The molecule has 9 nitrogen and oxygen atoms in total. The predicted molar refractivity (Wildman–Crippen MR) is 130 cm³/mol. The maximum absolute atomic E-state index is 13.5. The van der Waals surface area contributed by atoms with Gasteiger partial charge in [0.25, 0.3) is 10.0 Å². The van der Waals surface area contributed by atoms with E-state index in [1.54, 1.807) is 0 Å². The molecule has 3 rings (SSSR count). The summed E-state index contributed by atoms with van der Waals surface area (Å²) in [6, 6.07) is 8.89. The third-order valence-electron chi connectivity index (χ3n) is 4.43. The van der Waals surface area contributed by atoms with Gasteiger partial charge in [0, 0.05) is 11.8 Å². The molecule has 1 aromatic heterocycles. The molecule has 0 spiro atoms. The molecule has 13 heteroatoms. The Kier molecular flexibility index (Phi) is 8.69. The van der Waals surface area contributed by atoms with Crippen LogP contribution in [-0.2, 0) is 14.8 Å². The van der Waals surface area contributed by atoms with Crippen LogP contribution in [-0.4, -0.2) is 51.0 Å². The number of rotatable bonds is 11. The van der Waals surface area contributed by atoms with Crippen molar-refractivity contribution >= 4 is 49.8 Å². The fourth-order valence-corrected chi connectivity index (χ4v) is 5.95. The van der Waals surface area contributed by atoms with Crippen molar-refractivity contribution in [2.45, 2.75) is 22.6 Å². The summed E-state index contributed by atoms with van der Waals surface area (Å²) >= 11 is 2.72. The standard InChI is InChI=1S/C21H23FN4O5S3/c1-4-11-32-21-25-24-20(33-21)23-19(27)13-26(15-7-5-14(22)6-8-15)34(28,29)16-9-10-17(30-2)18(12-16)31-3/h5-10,12H,4,11,13H2,1-3H3,(H,23,24,27). The van der Waals surface area contributed by atoms with Crippen LogP contribution in [0.3, 0.4) is 0 Å². The van der Waals surface area contributed by atoms with Gasteiger partial charge >= 0.3 is 0 Å². The molecule has 0 atom stereocenters. The molecule has 0 unspecified atom stereocenters. The molecule has 34 heavy (non-hydrogen) atoms. The summed E-state index contributed by atoms with van der Waals surface area (Å²) in [5.41, 5.74) is 0.114. The highest BCUT2D eigenvalue weighted by atomic mass is 32.2. The molecule has 182 valence electrons. The zero-order valence-electron chi connectivity index (χ0n) is 18.6. The third-order valence-corrected chi connectivity index (χ3v) is 8.38. The van der Waals surface area contributed by atoms with E-state index in [-0.39, 0.29) is 21.5 Å². The molecule has 0 aliphatic carbocycles. The number of nitrogens with one attached hydrogen (secondary N) is 1. The lowest BCUT2D eigenvalue weighted by atomic mass is 10.3. The summed E-state index contributed by atoms with van der Waals surface area (Å²) in [6.07, 6.45) is 0.965. The summed E-state index contributed by atoms with van der Waals surface area (Å²) in [7, 11) is -1.43. The van der Waals surface area contributed by atoms with E-state index in [1.165, 1.54) is 67.7 Å². The lowest BCUT2D eigenvalue weighted by Gasteiger charge is -2.24. The van der Waals surface area contributed by atoms with E-state index in [0.29, 0.717) is 10.1 Å². The molecule has 3 aromatic rings. The second kappa shape index (κ2) is 11.5. The number of anilines is 2. The van der Waals surface area contributed by atoms with Crippen molar-refractivity contribution in [2.24, 2.45) is 0 Å². The lowest BCUT2D eigenvalue weighted by Crippen LogP contribution is -2.38. The van der Waals surface area contributed by atoms with E-state index in [0.717, 1.165) is 28.6 Å². The van der Waals surface area contributed by atoms with Gasteiger partial charge in [-0.25, -0.2) is 12.8 Å². The molecule has 0 aliphatic heterocycles. The van der Waals surface area contributed by atoms with Gasteiger partial charge in [0.15, 0.2) is 15.8 Å². The molecule has 1 heterocycles. The Balaban J connectivity index is 1.90. The third kappa shape index (κ3) is 6.15. The normalized spacial score (nSPS) is 11.2. The minimum absolute atomic E-state index is 0.114. The van der Waals surface area contributed by atoms with Gasteiger partial charge in [-0.1, -0.05) is 30.0 Å². The average Bonchev–Trinajstić information content (AvgIpc) is 3.28. The van der Waals surface area contributed by atoms with Gasteiger partial charge in [-0.2, -0.15) is 0 Å². The molecule has 0 saturated heterocycles. The van der Waals surface area contributed by atoms with Crippen molar-refractivity contribution in [1.82, 2.24) is 10.2 Å². The number of carbonyl (C=O) groups excluding carboxylic acids is 1. The van der Waals surface area contributed by atoms with Gasteiger partial charge < -0.3 is 9.47 Å². The quantitative estimate of drug-likeness (QED) is 0.295. The Bertz CT molecular complexity index is 1240. The number of halogens is 1. The zero-order valence-corrected chi connectivity index (χ0v) is 21.1. The highest BCUT2D eigenvalue weighted by Gasteiger charge is 2.29. The van der Waals surface area contributed by atoms with Crippen LogP contribution in [0.25, 0.3) is 0 Å². The van der Waals surface area contributed by atoms with Gasteiger partial charge in [-0.3, -0.25) is 14.4 Å². The van der Waals surface area contributed by atoms with Crippen LogP contribution in [0.1, 0.15) is 13.3 Å². The van der Waals surface area contributed by atoms with Gasteiger partial charge in [-0.15, -0.1) is 10.2 Å². The highest BCUT2D eigenvalue weighted by molar-refractivity contribution is 8.01. The Morgan fingerprint density at radius 2 is 1.82 bits per heavy atom. The fourth-order valence-electron chi connectivity index (χ4n) is 2.82. The van der Waals surface area contributed by atoms with Gasteiger partial charge in [0.2, 0.25) is 11.0 Å². The van der Waals surface area contributed by atoms with Crippen LogP contribution >= 0.6 is 23.1 Å². The largest absolute Gasteiger partial charge is 0.493 e. The maximum Gasteiger partial charge on any atom is 0.264 e. The number of nitrogens with zero attached hydrogens (tertiary/aromatic N) is 3. The summed E-state index contributed by atoms with van der Waals surface area (Å²) in [6.45, 7) is 1.47. The van der Waals surface area contributed by atoms with Gasteiger partial charge in [-0.05, 0) is 42.8 Å². The molecule has 0 fully saturated rings. The number of methoxy groups -OCH3 is 2. The van der Waals surface area contributed by atoms with Crippen LogP contribution < -0.4 is 19.1 Å². The summed E-state index contributed by atoms with van der Waals surface area (Å²) < 4.78 is 52.5. The second-order valence-electron chi connectivity index (χ2n) is 6.77. The second-order valence-corrected chi connectivity index (χ2v) is 11.0. The molecular weight excluding hydrogens is 503 g/mol. The summed E-state index contributed by atoms with van der Waals surface area (Å²) in [4.78, 5) is 12.7. The van der Waals surface area contributed by atoms with E-state index in [9.17, 15) is 17.6 Å². The number of sulfonamides is 1. The Morgan fingerprint density at radius 3 is 2.47 bits per heavy atom. The van der Waals surface area contributed by atoms with Crippen molar-refractivity contribution < 1.29 is 27.1 Å². The average molecular weight is 527 g/mol. The molecule has 0 bridgehead atoms. The zero-order chi connectivity index (χ0) is 24.7. The topological polar surface area (TPSA) is 111 Å². The molecule has 1 N–H and O–H groups in total. The minimum atomic E-state index is -4.24. The van der Waals surface area contributed by atoms with E-state index in [1.807, 2.05) is 6.92 Å². The summed E-state index contributed by atoms with van der Waals surface area (Å²) in [5.74, 6) is 0.252. The number of amides is 1. The van der Waals surface area contributed by atoms with Gasteiger partial charge in [0.1, 0.15) is 12.4 Å². The fraction of sp³-hybridized carbons (Fsp3) is 0.286. The smallest absolute Gasteiger partial charge is 0.264 e. The molecule has 1 amide bonds. The molecule has 2 aromatic carbocycles.